The smallest absolute Gasteiger partial charge is 0.298 e. The third kappa shape index (κ3) is 4.41. The molecule has 156 valence electrons. The van der Waals surface area contributed by atoms with E-state index < -0.39 is 0 Å². The van der Waals surface area contributed by atoms with E-state index in [1.807, 2.05) is 18.2 Å². The number of hydrogen-bond acceptors (Lipinski definition) is 3. The molecule has 0 aliphatic heterocycles. The predicted molar refractivity (Wildman–Crippen MR) is 119 cm³/mol. The van der Waals surface area contributed by atoms with Gasteiger partial charge >= 0.3 is 5.69 Å². The summed E-state index contributed by atoms with van der Waals surface area (Å²) in [5, 5.41) is 5.04. The molecule has 0 N–H and O–H groups in total. The number of carbonyl (C=O) groups excluding carboxylic acids is 1. The summed E-state index contributed by atoms with van der Waals surface area (Å²) >= 11 is 6.34. The maximum atomic E-state index is 12.9. The number of halogens is 1. The molecule has 0 unspecified atom stereocenters. The zero-order valence-electron chi connectivity index (χ0n) is 17.4. The van der Waals surface area contributed by atoms with Crippen LogP contribution in [-0.4, -0.2) is 20.1 Å². The Morgan fingerprint density at radius 2 is 1.90 bits per heavy atom. The zero-order valence-corrected chi connectivity index (χ0v) is 18.2. The van der Waals surface area contributed by atoms with Crippen LogP contribution < -0.4 is 5.69 Å². The molecule has 1 saturated carbocycles. The fraction of sp³-hybridized carbons (Fsp3) is 0.375. The van der Waals surface area contributed by atoms with Crippen molar-refractivity contribution in [3.8, 4) is 11.4 Å². The number of benzene rings is 2. The van der Waals surface area contributed by atoms with Gasteiger partial charge in [-0.2, -0.15) is 0 Å². The minimum atomic E-state index is -0.227. The molecule has 2 aromatic carbocycles. The number of nitrogens with zero attached hydrogens (tertiary/aromatic N) is 3. The molecule has 5 nitrogen and oxygen atoms in total. The number of aryl methyl sites for hydroxylation is 3. The van der Waals surface area contributed by atoms with Gasteiger partial charge in [-0.05, 0) is 68.4 Å². The normalized spacial score (nSPS) is 13.6. The highest BCUT2D eigenvalue weighted by molar-refractivity contribution is 6.33. The van der Waals surface area contributed by atoms with Crippen molar-refractivity contribution in [1.82, 2.24) is 14.3 Å². The predicted octanol–water partition coefficient (Wildman–Crippen LogP) is 4.91. The standard InChI is InChI=1S/C24H26ClN3O2/c1-16-10-11-18(14-17(16)2)6-5-7-20(29)15-27-24(30)28(19-12-13-19)23(26-27)21-8-3-4-9-22(21)25/h3-4,8-11,14,19H,5-7,12-13,15H2,1-2H3. The van der Waals surface area contributed by atoms with Gasteiger partial charge in [-0.25, -0.2) is 9.48 Å². The van der Waals surface area contributed by atoms with Gasteiger partial charge in [0.25, 0.3) is 0 Å². The van der Waals surface area contributed by atoms with Gasteiger partial charge in [0.15, 0.2) is 11.6 Å². The highest BCUT2D eigenvalue weighted by Gasteiger charge is 2.31. The molecule has 1 aliphatic carbocycles. The van der Waals surface area contributed by atoms with Gasteiger partial charge < -0.3 is 0 Å². The molecule has 0 radical (unpaired) electrons. The van der Waals surface area contributed by atoms with E-state index in [0.717, 1.165) is 31.2 Å². The number of carbonyl (C=O) groups is 1. The second-order valence-corrected chi connectivity index (χ2v) is 8.56. The summed E-state index contributed by atoms with van der Waals surface area (Å²) in [5.74, 6) is 0.572. The van der Waals surface area contributed by atoms with Gasteiger partial charge in [-0.1, -0.05) is 41.9 Å². The first-order chi connectivity index (χ1) is 14.4. The van der Waals surface area contributed by atoms with Crippen LogP contribution in [0.1, 0.15) is 48.4 Å². The molecule has 6 heteroatoms. The first-order valence-corrected chi connectivity index (χ1v) is 10.8. The van der Waals surface area contributed by atoms with Gasteiger partial charge in [0.2, 0.25) is 0 Å². The van der Waals surface area contributed by atoms with Gasteiger partial charge in [0.1, 0.15) is 6.54 Å². The lowest BCUT2D eigenvalue weighted by atomic mass is 10.0. The quantitative estimate of drug-likeness (QED) is 0.517. The maximum absolute atomic E-state index is 12.9. The van der Waals surface area contributed by atoms with E-state index in [1.54, 1.807) is 10.6 Å². The number of ketones is 1. The Morgan fingerprint density at radius 1 is 1.13 bits per heavy atom. The first-order valence-electron chi connectivity index (χ1n) is 10.5. The fourth-order valence-electron chi connectivity index (χ4n) is 3.71. The molecule has 1 heterocycles. The summed E-state index contributed by atoms with van der Waals surface area (Å²) in [6.45, 7) is 4.20. The lowest BCUT2D eigenvalue weighted by molar-refractivity contribution is -0.119. The number of rotatable bonds is 8. The Morgan fingerprint density at radius 3 is 2.60 bits per heavy atom. The van der Waals surface area contributed by atoms with Crippen LogP contribution in [0.3, 0.4) is 0 Å². The summed E-state index contributed by atoms with van der Waals surface area (Å²) in [5.41, 5.74) is 4.28. The molecule has 4 rings (SSSR count). The lowest BCUT2D eigenvalue weighted by Gasteiger charge is -2.05. The SMILES string of the molecule is Cc1ccc(CCCC(=O)Cn2nc(-c3ccccc3Cl)n(C3CC3)c2=O)cc1C. The van der Waals surface area contributed by atoms with Crippen molar-refractivity contribution < 1.29 is 4.79 Å². The Hall–Kier alpha value is -2.66. The summed E-state index contributed by atoms with van der Waals surface area (Å²) < 4.78 is 3.00. The first kappa shape index (κ1) is 20.6. The second-order valence-electron chi connectivity index (χ2n) is 8.16. The van der Waals surface area contributed by atoms with E-state index in [2.05, 4.69) is 37.1 Å². The second kappa shape index (κ2) is 8.60. The molecule has 3 aromatic rings. The Bertz CT molecular complexity index is 1140. The zero-order chi connectivity index (χ0) is 21.3. The Labute approximate surface area is 181 Å². The highest BCUT2D eigenvalue weighted by Crippen LogP contribution is 2.37. The van der Waals surface area contributed by atoms with Gasteiger partial charge in [0, 0.05) is 18.0 Å². The van der Waals surface area contributed by atoms with Crippen molar-refractivity contribution in [3.63, 3.8) is 0 Å². The molecule has 0 spiro atoms. The molecule has 1 aliphatic rings. The summed E-state index contributed by atoms with van der Waals surface area (Å²) in [6, 6.07) is 13.9. The van der Waals surface area contributed by atoms with Crippen LogP contribution in [0, 0.1) is 13.8 Å². The van der Waals surface area contributed by atoms with Crippen molar-refractivity contribution in [2.45, 2.75) is 58.5 Å². The number of hydrogen-bond donors (Lipinski definition) is 0. The molecule has 0 amide bonds. The van der Waals surface area contributed by atoms with E-state index in [1.165, 1.54) is 21.4 Å². The largest absolute Gasteiger partial charge is 0.346 e. The van der Waals surface area contributed by atoms with Crippen molar-refractivity contribution >= 4 is 17.4 Å². The van der Waals surface area contributed by atoms with E-state index in [-0.39, 0.29) is 24.1 Å². The van der Waals surface area contributed by atoms with Crippen molar-refractivity contribution in [3.05, 3.63) is 74.7 Å². The van der Waals surface area contributed by atoms with Crippen LogP contribution in [0.4, 0.5) is 0 Å². The molecular formula is C24H26ClN3O2. The molecule has 0 atom stereocenters. The van der Waals surface area contributed by atoms with E-state index in [4.69, 9.17) is 11.6 Å². The van der Waals surface area contributed by atoms with E-state index in [9.17, 15) is 9.59 Å². The fourth-order valence-corrected chi connectivity index (χ4v) is 3.93. The summed E-state index contributed by atoms with van der Waals surface area (Å²) in [4.78, 5) is 25.5. The van der Waals surface area contributed by atoms with E-state index >= 15 is 0 Å². The van der Waals surface area contributed by atoms with Crippen LogP contribution in [0.2, 0.25) is 5.02 Å². The van der Waals surface area contributed by atoms with Crippen LogP contribution in [0.25, 0.3) is 11.4 Å². The molecular weight excluding hydrogens is 398 g/mol. The van der Waals surface area contributed by atoms with Gasteiger partial charge in [0.05, 0.1) is 5.02 Å². The third-order valence-corrected chi connectivity index (χ3v) is 6.05. The highest BCUT2D eigenvalue weighted by atomic mass is 35.5. The van der Waals surface area contributed by atoms with Crippen molar-refractivity contribution in [2.75, 3.05) is 0 Å². The van der Waals surface area contributed by atoms with Crippen LogP contribution in [0.15, 0.2) is 47.3 Å². The molecule has 1 fully saturated rings. The molecule has 30 heavy (non-hydrogen) atoms. The van der Waals surface area contributed by atoms with Crippen molar-refractivity contribution in [2.24, 2.45) is 0 Å². The Balaban J connectivity index is 1.46. The van der Waals surface area contributed by atoms with Crippen LogP contribution in [-0.2, 0) is 17.8 Å². The number of aromatic nitrogens is 3. The summed E-state index contributed by atoms with van der Waals surface area (Å²) in [6.07, 6.45) is 3.94. The lowest BCUT2D eigenvalue weighted by Crippen LogP contribution is -2.27. The average molecular weight is 424 g/mol. The average Bonchev–Trinajstić information content (AvgIpc) is 3.50. The van der Waals surface area contributed by atoms with Crippen molar-refractivity contribution in [1.29, 1.82) is 0 Å². The monoisotopic (exact) mass is 423 g/mol. The minimum Gasteiger partial charge on any atom is -0.298 e. The molecule has 0 bridgehead atoms. The third-order valence-electron chi connectivity index (χ3n) is 5.72. The topological polar surface area (TPSA) is 56.9 Å². The van der Waals surface area contributed by atoms with Gasteiger partial charge in [-0.15, -0.1) is 5.10 Å². The number of Topliss-reactive ketones (excluding diaryl/α,β-unsaturated/α-hetero) is 1. The van der Waals surface area contributed by atoms with E-state index in [0.29, 0.717) is 17.3 Å². The molecule has 1 aromatic heterocycles. The molecule has 0 saturated heterocycles. The maximum Gasteiger partial charge on any atom is 0.346 e. The van der Waals surface area contributed by atoms with Gasteiger partial charge in [-0.3, -0.25) is 9.36 Å². The van der Waals surface area contributed by atoms with Crippen LogP contribution in [0.5, 0.6) is 0 Å². The Kier molecular flexibility index (Phi) is 5.91. The minimum absolute atomic E-state index is 0.00291. The van der Waals surface area contributed by atoms with Crippen LogP contribution >= 0.6 is 11.6 Å². The summed E-state index contributed by atoms with van der Waals surface area (Å²) in [7, 11) is 0.